The highest BCUT2D eigenvalue weighted by Gasteiger charge is 2.45. The maximum atomic E-state index is 13.5. The van der Waals surface area contributed by atoms with Crippen molar-refractivity contribution in [1.29, 1.82) is 0 Å². The van der Waals surface area contributed by atoms with Crippen LogP contribution < -0.4 is 19.7 Å². The van der Waals surface area contributed by atoms with Crippen molar-refractivity contribution in [1.82, 2.24) is 19.7 Å². The van der Waals surface area contributed by atoms with Gasteiger partial charge in [-0.25, -0.2) is 9.97 Å². The summed E-state index contributed by atoms with van der Waals surface area (Å²) in [6.45, 7) is 3.85. The maximum Gasteiger partial charge on any atom is 0.586 e. The summed E-state index contributed by atoms with van der Waals surface area (Å²) < 4.78 is 38.2. The summed E-state index contributed by atoms with van der Waals surface area (Å²) in [6, 6.07) is 5.41. The van der Waals surface area contributed by atoms with Gasteiger partial charge < -0.3 is 19.7 Å². The Balaban J connectivity index is 1.34. The van der Waals surface area contributed by atoms with Crippen LogP contribution in [0.5, 0.6) is 11.5 Å². The first kappa shape index (κ1) is 20.7. The van der Waals surface area contributed by atoms with Crippen LogP contribution in [0.2, 0.25) is 0 Å². The fourth-order valence-corrected chi connectivity index (χ4v) is 6.08. The van der Waals surface area contributed by atoms with Crippen molar-refractivity contribution >= 4 is 11.6 Å². The van der Waals surface area contributed by atoms with Crippen molar-refractivity contribution < 1.29 is 18.3 Å². The Labute approximate surface area is 190 Å². The van der Waals surface area contributed by atoms with E-state index in [0.29, 0.717) is 17.0 Å². The normalized spacial score (nSPS) is 23.0. The van der Waals surface area contributed by atoms with Crippen molar-refractivity contribution in [2.45, 2.75) is 51.4 Å². The summed E-state index contributed by atoms with van der Waals surface area (Å²) in [5, 5.41) is 3.55. The number of hydrogen-bond acceptors (Lipinski definition) is 6. The number of ether oxygens (including phenoxy) is 2. The molecule has 1 saturated carbocycles. The molecule has 33 heavy (non-hydrogen) atoms. The number of alkyl halides is 2. The number of nitrogens with zero attached hydrogens (tertiary/aromatic N) is 4. The molecule has 1 saturated heterocycles. The molecule has 7 nitrogen and oxygen atoms in total. The van der Waals surface area contributed by atoms with Crippen LogP contribution >= 0.6 is 0 Å². The van der Waals surface area contributed by atoms with E-state index in [-0.39, 0.29) is 11.5 Å². The van der Waals surface area contributed by atoms with Crippen molar-refractivity contribution in [3.63, 3.8) is 0 Å². The van der Waals surface area contributed by atoms with Crippen LogP contribution in [0.4, 0.5) is 14.7 Å². The molecular weight excluding hydrogens is 428 g/mol. The predicted octanol–water partition coefficient (Wildman–Crippen LogP) is 4.38. The highest BCUT2D eigenvalue weighted by Crippen LogP contribution is 2.47. The molecule has 3 aliphatic rings. The number of hydrogen-bond donors (Lipinski definition) is 1. The molecule has 1 atom stereocenters. The minimum atomic E-state index is -3.64. The van der Waals surface area contributed by atoms with Gasteiger partial charge in [-0.1, -0.05) is 12.5 Å². The van der Waals surface area contributed by atoms with Gasteiger partial charge in [-0.2, -0.15) is 0 Å². The average molecular weight is 456 g/mol. The first-order valence-corrected chi connectivity index (χ1v) is 11.6. The van der Waals surface area contributed by atoms with Gasteiger partial charge in [-0.3, -0.25) is 4.40 Å². The van der Waals surface area contributed by atoms with Gasteiger partial charge in [-0.15, -0.1) is 8.78 Å². The number of anilines is 1. The first-order chi connectivity index (χ1) is 15.9. The summed E-state index contributed by atoms with van der Waals surface area (Å²) in [4.78, 5) is 11.9. The Morgan fingerprint density at radius 1 is 1.12 bits per heavy atom. The van der Waals surface area contributed by atoms with Crippen LogP contribution in [0, 0.1) is 12.3 Å². The predicted molar refractivity (Wildman–Crippen MR) is 120 cm³/mol. The van der Waals surface area contributed by atoms with E-state index in [1.807, 2.05) is 17.5 Å². The standard InChI is InChI=1S/C24H27F2N5O2/c1-15-20(16-5-6-17-18(14-16)33-24(25,26)32-17)21-28-10-13-31(21)22(29-15)30-11-8-23(9-12-30)7-3-4-19(23)27-2/h5-6,10,13-14,19,27H,3-4,7-9,11-12H2,1-2H3/t19-/m1/s1. The second-order valence-corrected chi connectivity index (χ2v) is 9.40. The van der Waals surface area contributed by atoms with E-state index in [9.17, 15) is 8.78 Å². The number of aromatic nitrogens is 3. The van der Waals surface area contributed by atoms with E-state index in [4.69, 9.17) is 4.98 Å². The molecule has 9 heteroatoms. The van der Waals surface area contributed by atoms with Crippen LogP contribution in [0.3, 0.4) is 0 Å². The number of nitrogens with one attached hydrogen (secondary N) is 1. The molecule has 0 unspecified atom stereocenters. The third-order valence-electron chi connectivity index (χ3n) is 7.70. The molecule has 0 amide bonds. The van der Waals surface area contributed by atoms with E-state index < -0.39 is 6.29 Å². The van der Waals surface area contributed by atoms with Gasteiger partial charge in [0.15, 0.2) is 11.5 Å². The van der Waals surface area contributed by atoms with E-state index in [2.05, 4.69) is 31.7 Å². The van der Waals surface area contributed by atoms with Gasteiger partial charge in [0.05, 0.1) is 5.69 Å². The van der Waals surface area contributed by atoms with Gasteiger partial charge in [0.2, 0.25) is 5.95 Å². The zero-order valence-electron chi connectivity index (χ0n) is 18.8. The fourth-order valence-electron chi connectivity index (χ4n) is 6.08. The molecule has 2 aromatic heterocycles. The molecule has 6 rings (SSSR count). The monoisotopic (exact) mass is 455 g/mol. The van der Waals surface area contributed by atoms with Crippen molar-refractivity contribution in [3.05, 3.63) is 36.3 Å². The molecule has 1 N–H and O–H groups in total. The summed E-state index contributed by atoms with van der Waals surface area (Å²) >= 11 is 0. The average Bonchev–Trinajstić information content (AvgIpc) is 3.49. The third kappa shape index (κ3) is 3.24. The molecule has 174 valence electrons. The number of rotatable bonds is 3. The minimum absolute atomic E-state index is 0.0164. The van der Waals surface area contributed by atoms with Gasteiger partial charge in [0.25, 0.3) is 0 Å². The lowest BCUT2D eigenvalue weighted by Crippen LogP contribution is -2.48. The van der Waals surface area contributed by atoms with E-state index in [0.717, 1.165) is 48.8 Å². The Bertz CT molecular complexity index is 1220. The molecule has 0 bridgehead atoms. The maximum absolute atomic E-state index is 13.5. The van der Waals surface area contributed by atoms with E-state index in [1.54, 1.807) is 18.3 Å². The van der Waals surface area contributed by atoms with Gasteiger partial charge in [0.1, 0.15) is 5.65 Å². The van der Waals surface area contributed by atoms with Crippen molar-refractivity contribution in [3.8, 4) is 22.6 Å². The summed E-state index contributed by atoms with van der Waals surface area (Å²) in [5.74, 6) is 0.923. The Morgan fingerprint density at radius 3 is 2.70 bits per heavy atom. The van der Waals surface area contributed by atoms with Crippen molar-refractivity contribution in [2.75, 3.05) is 25.0 Å². The minimum Gasteiger partial charge on any atom is -0.395 e. The fraction of sp³-hybridized carbons (Fsp3) is 0.500. The summed E-state index contributed by atoms with van der Waals surface area (Å²) in [6.07, 6.45) is 6.17. The number of imidazole rings is 1. The SMILES string of the molecule is CN[C@@H]1CCCC12CCN(c1nc(C)c(-c3ccc4c(c3)OC(F)(F)O4)c3nccn13)CC2. The molecule has 1 aliphatic carbocycles. The number of halogens is 2. The largest absolute Gasteiger partial charge is 0.586 e. The Kier molecular flexibility index (Phi) is 4.56. The van der Waals surface area contributed by atoms with Crippen molar-refractivity contribution in [2.24, 2.45) is 5.41 Å². The highest BCUT2D eigenvalue weighted by molar-refractivity contribution is 5.82. The quantitative estimate of drug-likeness (QED) is 0.632. The second-order valence-electron chi connectivity index (χ2n) is 9.40. The first-order valence-electron chi connectivity index (χ1n) is 11.6. The molecule has 1 spiro atoms. The zero-order chi connectivity index (χ0) is 22.8. The summed E-state index contributed by atoms with van der Waals surface area (Å²) in [7, 11) is 2.08. The molecule has 2 aliphatic heterocycles. The van der Waals surface area contributed by atoms with Gasteiger partial charge in [0, 0.05) is 37.1 Å². The number of fused-ring (bicyclic) bond motifs is 2. The molecule has 4 heterocycles. The Morgan fingerprint density at radius 2 is 1.91 bits per heavy atom. The second kappa shape index (κ2) is 7.28. The smallest absolute Gasteiger partial charge is 0.395 e. The number of piperidine rings is 1. The van der Waals surface area contributed by atoms with Gasteiger partial charge >= 0.3 is 6.29 Å². The van der Waals surface area contributed by atoms with E-state index in [1.165, 1.54) is 25.3 Å². The van der Waals surface area contributed by atoms with Crippen LogP contribution in [0.15, 0.2) is 30.6 Å². The summed E-state index contributed by atoms with van der Waals surface area (Å²) in [5.41, 5.74) is 3.44. The van der Waals surface area contributed by atoms with E-state index >= 15 is 0 Å². The third-order valence-corrected chi connectivity index (χ3v) is 7.70. The molecule has 1 aromatic carbocycles. The lowest BCUT2D eigenvalue weighted by atomic mass is 9.74. The zero-order valence-corrected chi connectivity index (χ0v) is 18.8. The molecular formula is C24H27F2N5O2. The van der Waals surface area contributed by atoms with Gasteiger partial charge in [-0.05, 0) is 62.8 Å². The number of aryl methyl sites for hydroxylation is 1. The Hall–Kier alpha value is -2.94. The lowest BCUT2D eigenvalue weighted by molar-refractivity contribution is -0.286. The lowest BCUT2D eigenvalue weighted by Gasteiger charge is -2.43. The number of benzene rings is 1. The van der Waals surface area contributed by atoms with Crippen LogP contribution in [-0.2, 0) is 0 Å². The highest BCUT2D eigenvalue weighted by atomic mass is 19.3. The van der Waals surface area contributed by atoms with Crippen LogP contribution in [-0.4, -0.2) is 46.8 Å². The topological polar surface area (TPSA) is 63.9 Å². The van der Waals surface area contributed by atoms with Crippen LogP contribution in [0.25, 0.3) is 16.8 Å². The van der Waals surface area contributed by atoms with Crippen LogP contribution in [0.1, 0.15) is 37.8 Å². The molecule has 3 aromatic rings. The molecule has 2 fully saturated rings. The molecule has 0 radical (unpaired) electrons.